The van der Waals surface area contributed by atoms with E-state index in [9.17, 15) is 4.79 Å². The Morgan fingerprint density at radius 2 is 1.84 bits per heavy atom. The number of carbonyl (C=O) groups excluding carboxylic acids is 1. The molecule has 0 saturated heterocycles. The molecule has 19 heavy (non-hydrogen) atoms. The van der Waals surface area contributed by atoms with Crippen molar-refractivity contribution in [2.75, 3.05) is 0 Å². The summed E-state index contributed by atoms with van der Waals surface area (Å²) in [5, 5.41) is 12.1. The summed E-state index contributed by atoms with van der Waals surface area (Å²) in [5.41, 5.74) is 2.28. The maximum atomic E-state index is 11.8. The predicted molar refractivity (Wildman–Crippen MR) is 72.8 cm³/mol. The minimum absolute atomic E-state index is 0.0169. The quantitative estimate of drug-likeness (QED) is 0.841. The Kier molecular flexibility index (Phi) is 4.49. The van der Waals surface area contributed by atoms with Crippen molar-refractivity contribution < 1.29 is 9.90 Å². The molecule has 2 aromatic rings. The molecular weight excluding hydrogens is 264 g/mol. The van der Waals surface area contributed by atoms with Gasteiger partial charge in [0.2, 0.25) is 0 Å². The molecule has 2 N–H and O–H groups in total. The molecule has 5 heteroatoms. The number of aliphatic hydroxyl groups excluding tert-OH is 1. The molecular formula is C14H13ClN2O2. The largest absolute Gasteiger partial charge is 0.392 e. The molecule has 2 rings (SSSR count). The highest BCUT2D eigenvalue weighted by Gasteiger charge is 2.05. The third kappa shape index (κ3) is 3.77. The van der Waals surface area contributed by atoms with Gasteiger partial charge in [-0.25, -0.2) is 4.98 Å². The summed E-state index contributed by atoms with van der Waals surface area (Å²) in [5.74, 6) is -0.199. The summed E-state index contributed by atoms with van der Waals surface area (Å²) in [6.45, 7) is 0.441. The number of rotatable bonds is 4. The molecule has 0 radical (unpaired) electrons. The fourth-order valence-electron chi connectivity index (χ4n) is 1.56. The second-order valence-electron chi connectivity index (χ2n) is 4.03. The zero-order chi connectivity index (χ0) is 13.7. The van der Waals surface area contributed by atoms with E-state index in [-0.39, 0.29) is 12.5 Å². The molecule has 1 amide bonds. The Balaban J connectivity index is 1.94. The molecule has 1 aromatic carbocycles. The molecule has 1 heterocycles. The lowest BCUT2D eigenvalue weighted by Crippen LogP contribution is -2.22. The minimum Gasteiger partial charge on any atom is -0.392 e. The van der Waals surface area contributed by atoms with Crippen molar-refractivity contribution in [3.63, 3.8) is 0 Å². The highest BCUT2D eigenvalue weighted by atomic mass is 35.5. The van der Waals surface area contributed by atoms with Crippen LogP contribution in [0.5, 0.6) is 0 Å². The van der Waals surface area contributed by atoms with Gasteiger partial charge in [0.25, 0.3) is 5.91 Å². The van der Waals surface area contributed by atoms with Crippen LogP contribution >= 0.6 is 11.6 Å². The standard InChI is InChI=1S/C14H13ClN2O2/c15-13-6-5-12(8-16-13)14(19)17-7-10-1-3-11(9-18)4-2-10/h1-6,8,18H,7,9H2,(H,17,19). The SMILES string of the molecule is O=C(NCc1ccc(CO)cc1)c1ccc(Cl)nc1. The van der Waals surface area contributed by atoms with Gasteiger partial charge in [-0.1, -0.05) is 35.9 Å². The van der Waals surface area contributed by atoms with Gasteiger partial charge >= 0.3 is 0 Å². The number of hydrogen-bond donors (Lipinski definition) is 2. The number of carbonyl (C=O) groups is 1. The molecule has 98 valence electrons. The van der Waals surface area contributed by atoms with E-state index < -0.39 is 0 Å². The van der Waals surface area contributed by atoms with E-state index in [1.165, 1.54) is 6.20 Å². The Hall–Kier alpha value is -1.91. The third-order valence-electron chi connectivity index (χ3n) is 2.65. The lowest BCUT2D eigenvalue weighted by Gasteiger charge is -2.06. The average molecular weight is 277 g/mol. The van der Waals surface area contributed by atoms with Crippen molar-refractivity contribution in [3.8, 4) is 0 Å². The first kappa shape index (κ1) is 13.5. The zero-order valence-electron chi connectivity index (χ0n) is 10.1. The van der Waals surface area contributed by atoms with Gasteiger partial charge in [-0.15, -0.1) is 0 Å². The average Bonchev–Trinajstić information content (AvgIpc) is 2.46. The van der Waals surface area contributed by atoms with E-state index in [2.05, 4.69) is 10.3 Å². The van der Waals surface area contributed by atoms with E-state index >= 15 is 0 Å². The first-order valence-electron chi connectivity index (χ1n) is 5.77. The van der Waals surface area contributed by atoms with Crippen molar-refractivity contribution >= 4 is 17.5 Å². The second kappa shape index (κ2) is 6.31. The normalized spacial score (nSPS) is 10.2. The van der Waals surface area contributed by atoms with Gasteiger partial charge in [-0.2, -0.15) is 0 Å². The van der Waals surface area contributed by atoms with Crippen LogP contribution in [0.1, 0.15) is 21.5 Å². The Bertz CT molecular complexity index is 553. The lowest BCUT2D eigenvalue weighted by atomic mass is 10.1. The molecule has 0 aliphatic rings. The summed E-state index contributed by atoms with van der Waals surface area (Å²) in [4.78, 5) is 15.7. The molecule has 0 spiro atoms. The first-order valence-corrected chi connectivity index (χ1v) is 6.15. The van der Waals surface area contributed by atoms with Crippen molar-refractivity contribution in [1.29, 1.82) is 0 Å². The summed E-state index contributed by atoms with van der Waals surface area (Å²) < 4.78 is 0. The number of nitrogens with one attached hydrogen (secondary N) is 1. The van der Waals surface area contributed by atoms with Crippen molar-refractivity contribution in [3.05, 3.63) is 64.4 Å². The van der Waals surface area contributed by atoms with Crippen LogP contribution in [-0.2, 0) is 13.2 Å². The van der Waals surface area contributed by atoms with Gasteiger partial charge in [0.1, 0.15) is 5.15 Å². The van der Waals surface area contributed by atoms with E-state index in [1.807, 2.05) is 24.3 Å². The van der Waals surface area contributed by atoms with Crippen LogP contribution in [0, 0.1) is 0 Å². The molecule has 0 fully saturated rings. The maximum Gasteiger partial charge on any atom is 0.253 e. The van der Waals surface area contributed by atoms with Crippen LogP contribution < -0.4 is 5.32 Å². The molecule has 0 unspecified atom stereocenters. The molecule has 0 atom stereocenters. The molecule has 0 bridgehead atoms. The smallest absolute Gasteiger partial charge is 0.253 e. The molecule has 0 aliphatic heterocycles. The summed E-state index contributed by atoms with van der Waals surface area (Å²) in [7, 11) is 0. The zero-order valence-corrected chi connectivity index (χ0v) is 10.9. The number of hydrogen-bond acceptors (Lipinski definition) is 3. The fourth-order valence-corrected chi connectivity index (χ4v) is 1.67. The first-order chi connectivity index (χ1) is 9.19. The van der Waals surface area contributed by atoms with Crippen molar-refractivity contribution in [2.24, 2.45) is 0 Å². The van der Waals surface area contributed by atoms with Gasteiger partial charge in [0.15, 0.2) is 0 Å². The van der Waals surface area contributed by atoms with Gasteiger partial charge in [-0.3, -0.25) is 4.79 Å². The Labute approximate surface area is 116 Å². The summed E-state index contributed by atoms with van der Waals surface area (Å²) in [6.07, 6.45) is 1.44. The lowest BCUT2D eigenvalue weighted by molar-refractivity contribution is 0.0950. The van der Waals surface area contributed by atoms with Crippen molar-refractivity contribution in [1.82, 2.24) is 10.3 Å². The van der Waals surface area contributed by atoms with Crippen LogP contribution in [-0.4, -0.2) is 16.0 Å². The number of amides is 1. The Morgan fingerprint density at radius 1 is 1.16 bits per heavy atom. The van der Waals surface area contributed by atoms with E-state index in [0.29, 0.717) is 17.3 Å². The summed E-state index contributed by atoms with van der Waals surface area (Å²) in [6, 6.07) is 10.6. The van der Waals surface area contributed by atoms with Gasteiger partial charge < -0.3 is 10.4 Å². The van der Waals surface area contributed by atoms with E-state index in [0.717, 1.165) is 11.1 Å². The van der Waals surface area contributed by atoms with Gasteiger partial charge in [0.05, 0.1) is 12.2 Å². The third-order valence-corrected chi connectivity index (χ3v) is 2.87. The molecule has 0 aliphatic carbocycles. The fraction of sp³-hybridized carbons (Fsp3) is 0.143. The van der Waals surface area contributed by atoms with Crippen molar-refractivity contribution in [2.45, 2.75) is 13.2 Å². The van der Waals surface area contributed by atoms with E-state index in [1.54, 1.807) is 12.1 Å². The monoisotopic (exact) mass is 276 g/mol. The van der Waals surface area contributed by atoms with Crippen LogP contribution in [0.2, 0.25) is 5.15 Å². The molecule has 1 aromatic heterocycles. The maximum absolute atomic E-state index is 11.8. The highest BCUT2D eigenvalue weighted by molar-refractivity contribution is 6.29. The van der Waals surface area contributed by atoms with Gasteiger partial charge in [-0.05, 0) is 23.3 Å². The van der Waals surface area contributed by atoms with Crippen LogP contribution in [0.25, 0.3) is 0 Å². The minimum atomic E-state index is -0.199. The van der Waals surface area contributed by atoms with Crippen LogP contribution in [0.3, 0.4) is 0 Å². The molecule has 4 nitrogen and oxygen atoms in total. The van der Waals surface area contributed by atoms with E-state index in [4.69, 9.17) is 16.7 Å². The number of pyridine rings is 1. The van der Waals surface area contributed by atoms with Gasteiger partial charge in [0, 0.05) is 12.7 Å². The second-order valence-corrected chi connectivity index (χ2v) is 4.41. The van der Waals surface area contributed by atoms with Crippen LogP contribution in [0.15, 0.2) is 42.6 Å². The number of benzene rings is 1. The number of halogens is 1. The topological polar surface area (TPSA) is 62.2 Å². The number of aromatic nitrogens is 1. The number of aliphatic hydroxyl groups is 1. The van der Waals surface area contributed by atoms with Crippen LogP contribution in [0.4, 0.5) is 0 Å². The highest BCUT2D eigenvalue weighted by Crippen LogP contribution is 2.07. The summed E-state index contributed by atoms with van der Waals surface area (Å²) >= 11 is 5.65. The predicted octanol–water partition coefficient (Wildman–Crippen LogP) is 2.16. The number of nitrogens with zero attached hydrogens (tertiary/aromatic N) is 1. The Morgan fingerprint density at radius 3 is 2.42 bits per heavy atom. The molecule has 0 saturated carbocycles.